The van der Waals surface area contributed by atoms with Crippen LogP contribution in [0.25, 0.3) is 11.4 Å². The van der Waals surface area contributed by atoms with E-state index in [1.54, 1.807) is 0 Å². The van der Waals surface area contributed by atoms with Gasteiger partial charge in [-0.05, 0) is 31.9 Å². The molecule has 1 atom stereocenters. The fraction of sp³-hybridized carbons (Fsp3) is 0.286. The van der Waals surface area contributed by atoms with E-state index in [2.05, 4.69) is 15.5 Å². The maximum atomic E-state index is 12.5. The second-order valence-corrected chi connectivity index (χ2v) is 6.38. The second kappa shape index (κ2) is 8.49. The Bertz CT molecular complexity index is 906. The number of aryl methyl sites for hydroxylation is 2. The molecule has 1 aromatic heterocycles. The zero-order valence-corrected chi connectivity index (χ0v) is 15.7. The van der Waals surface area contributed by atoms with Crippen molar-refractivity contribution in [1.82, 2.24) is 15.5 Å². The number of nitrogens with one attached hydrogen (secondary N) is 1. The average molecular weight is 365 g/mol. The van der Waals surface area contributed by atoms with Crippen LogP contribution in [-0.2, 0) is 11.3 Å². The summed E-state index contributed by atoms with van der Waals surface area (Å²) in [6.07, 6.45) is -0.0268. The van der Waals surface area contributed by atoms with Crippen LogP contribution in [0, 0.1) is 13.8 Å². The van der Waals surface area contributed by atoms with Crippen molar-refractivity contribution >= 4 is 5.91 Å². The van der Waals surface area contributed by atoms with Crippen molar-refractivity contribution in [2.24, 2.45) is 0 Å². The first kappa shape index (κ1) is 18.6. The molecule has 0 radical (unpaired) electrons. The number of ether oxygens (including phenoxy) is 1. The van der Waals surface area contributed by atoms with Crippen molar-refractivity contribution in [3.8, 4) is 17.1 Å². The maximum Gasteiger partial charge on any atom is 0.261 e. The number of carbonyl (C=O) groups is 1. The Hall–Kier alpha value is -3.15. The first-order valence-corrected chi connectivity index (χ1v) is 8.96. The van der Waals surface area contributed by atoms with Crippen molar-refractivity contribution in [2.75, 3.05) is 0 Å². The summed E-state index contributed by atoms with van der Waals surface area (Å²) in [5.41, 5.74) is 3.03. The standard InChI is InChI=1S/C21H23N3O3/c1-4-17(26-18-11-10-14(2)12-15(18)3)21(25)22-13-19-23-20(24-27-19)16-8-6-5-7-9-16/h5-12,17H,4,13H2,1-3H3,(H,22,25)/t17-/m1/s1. The third-order valence-electron chi connectivity index (χ3n) is 4.18. The highest BCUT2D eigenvalue weighted by atomic mass is 16.5. The molecule has 1 amide bonds. The van der Waals surface area contributed by atoms with Crippen LogP contribution in [-0.4, -0.2) is 22.2 Å². The Labute approximate surface area is 158 Å². The summed E-state index contributed by atoms with van der Waals surface area (Å²) in [4.78, 5) is 16.8. The van der Waals surface area contributed by atoms with Gasteiger partial charge in [-0.1, -0.05) is 60.1 Å². The van der Waals surface area contributed by atoms with E-state index in [0.717, 1.165) is 16.7 Å². The van der Waals surface area contributed by atoms with E-state index >= 15 is 0 Å². The van der Waals surface area contributed by atoms with Crippen molar-refractivity contribution < 1.29 is 14.1 Å². The molecule has 0 aliphatic heterocycles. The van der Waals surface area contributed by atoms with E-state index in [1.807, 2.05) is 69.3 Å². The van der Waals surface area contributed by atoms with Crippen LogP contribution in [0.5, 0.6) is 5.75 Å². The van der Waals surface area contributed by atoms with E-state index in [0.29, 0.717) is 23.9 Å². The molecule has 0 fully saturated rings. The van der Waals surface area contributed by atoms with Crippen LogP contribution in [0.1, 0.15) is 30.4 Å². The van der Waals surface area contributed by atoms with Gasteiger partial charge in [0.2, 0.25) is 11.7 Å². The first-order chi connectivity index (χ1) is 13.1. The molecule has 140 valence electrons. The molecule has 0 unspecified atom stereocenters. The fourth-order valence-corrected chi connectivity index (χ4v) is 2.71. The largest absolute Gasteiger partial charge is 0.480 e. The molecular weight excluding hydrogens is 342 g/mol. The third-order valence-corrected chi connectivity index (χ3v) is 4.18. The van der Waals surface area contributed by atoms with E-state index in [4.69, 9.17) is 9.26 Å². The van der Waals surface area contributed by atoms with E-state index in [9.17, 15) is 4.79 Å². The van der Waals surface area contributed by atoms with Gasteiger partial charge in [0.05, 0.1) is 6.54 Å². The lowest BCUT2D eigenvalue weighted by Gasteiger charge is -2.18. The summed E-state index contributed by atoms with van der Waals surface area (Å²) in [6, 6.07) is 15.4. The number of aromatic nitrogens is 2. The van der Waals surface area contributed by atoms with Gasteiger partial charge in [-0.3, -0.25) is 4.79 Å². The number of benzene rings is 2. The second-order valence-electron chi connectivity index (χ2n) is 6.38. The number of nitrogens with zero attached hydrogens (tertiary/aromatic N) is 2. The van der Waals surface area contributed by atoms with Crippen LogP contribution in [0.3, 0.4) is 0 Å². The highest BCUT2D eigenvalue weighted by Gasteiger charge is 2.20. The Balaban J connectivity index is 1.60. The zero-order chi connectivity index (χ0) is 19.2. The molecule has 0 aliphatic carbocycles. The van der Waals surface area contributed by atoms with Gasteiger partial charge in [0, 0.05) is 5.56 Å². The summed E-state index contributed by atoms with van der Waals surface area (Å²) in [6.45, 7) is 6.06. The number of rotatable bonds is 7. The van der Waals surface area contributed by atoms with Crippen molar-refractivity contribution in [3.63, 3.8) is 0 Å². The minimum absolute atomic E-state index is 0.158. The summed E-state index contributed by atoms with van der Waals surface area (Å²) in [5.74, 6) is 1.35. The number of amides is 1. The molecule has 0 bridgehead atoms. The van der Waals surface area contributed by atoms with Crippen molar-refractivity contribution in [3.05, 3.63) is 65.5 Å². The van der Waals surface area contributed by atoms with E-state index < -0.39 is 6.10 Å². The lowest BCUT2D eigenvalue weighted by Crippen LogP contribution is -2.37. The fourth-order valence-electron chi connectivity index (χ4n) is 2.71. The Morgan fingerprint density at radius 2 is 1.96 bits per heavy atom. The molecular formula is C21H23N3O3. The molecule has 6 nitrogen and oxygen atoms in total. The number of hydrogen-bond donors (Lipinski definition) is 1. The van der Waals surface area contributed by atoms with Gasteiger partial charge in [-0.25, -0.2) is 0 Å². The lowest BCUT2D eigenvalue weighted by atomic mass is 10.1. The van der Waals surface area contributed by atoms with Crippen molar-refractivity contribution in [2.45, 2.75) is 39.8 Å². The van der Waals surface area contributed by atoms with Crippen LogP contribution >= 0.6 is 0 Å². The molecule has 3 aromatic rings. The topological polar surface area (TPSA) is 77.2 Å². The Kier molecular flexibility index (Phi) is 5.86. The van der Waals surface area contributed by atoms with Crippen LogP contribution in [0.4, 0.5) is 0 Å². The molecule has 6 heteroatoms. The smallest absolute Gasteiger partial charge is 0.261 e. The number of carbonyl (C=O) groups excluding carboxylic acids is 1. The summed E-state index contributed by atoms with van der Waals surface area (Å²) in [5, 5.41) is 6.75. The van der Waals surface area contributed by atoms with E-state index in [1.165, 1.54) is 0 Å². The summed E-state index contributed by atoms with van der Waals surface area (Å²) >= 11 is 0. The molecule has 0 aliphatic rings. The van der Waals surface area contributed by atoms with Gasteiger partial charge < -0.3 is 14.6 Å². The van der Waals surface area contributed by atoms with Crippen molar-refractivity contribution in [1.29, 1.82) is 0 Å². The van der Waals surface area contributed by atoms with Crippen LogP contribution < -0.4 is 10.1 Å². The predicted octanol–water partition coefficient (Wildman–Crippen LogP) is 3.83. The van der Waals surface area contributed by atoms with Crippen LogP contribution in [0.15, 0.2) is 53.1 Å². The van der Waals surface area contributed by atoms with Crippen LogP contribution in [0.2, 0.25) is 0 Å². The predicted molar refractivity (Wildman–Crippen MR) is 102 cm³/mol. The molecule has 1 N–H and O–H groups in total. The molecule has 1 heterocycles. The quantitative estimate of drug-likeness (QED) is 0.688. The van der Waals surface area contributed by atoms with Gasteiger partial charge in [0.25, 0.3) is 5.91 Å². The molecule has 27 heavy (non-hydrogen) atoms. The van der Waals surface area contributed by atoms with Gasteiger partial charge in [0.1, 0.15) is 5.75 Å². The molecule has 2 aromatic carbocycles. The zero-order valence-electron chi connectivity index (χ0n) is 15.7. The average Bonchev–Trinajstić information content (AvgIpc) is 3.15. The first-order valence-electron chi connectivity index (χ1n) is 8.96. The van der Waals surface area contributed by atoms with E-state index in [-0.39, 0.29) is 12.5 Å². The molecule has 3 rings (SSSR count). The van der Waals surface area contributed by atoms with Gasteiger partial charge in [0.15, 0.2) is 6.10 Å². The lowest BCUT2D eigenvalue weighted by molar-refractivity contribution is -0.128. The van der Waals surface area contributed by atoms with Gasteiger partial charge >= 0.3 is 0 Å². The molecule has 0 saturated carbocycles. The van der Waals surface area contributed by atoms with Gasteiger partial charge in [-0.2, -0.15) is 4.98 Å². The minimum atomic E-state index is -0.581. The normalized spacial score (nSPS) is 11.8. The summed E-state index contributed by atoms with van der Waals surface area (Å²) < 4.78 is 11.1. The Morgan fingerprint density at radius 3 is 2.67 bits per heavy atom. The Morgan fingerprint density at radius 1 is 1.19 bits per heavy atom. The SMILES string of the molecule is CC[C@@H](Oc1ccc(C)cc1C)C(=O)NCc1nc(-c2ccccc2)no1. The molecule has 0 saturated heterocycles. The summed E-state index contributed by atoms with van der Waals surface area (Å²) in [7, 11) is 0. The molecule has 0 spiro atoms. The number of hydrogen-bond acceptors (Lipinski definition) is 5. The van der Waals surface area contributed by atoms with Gasteiger partial charge in [-0.15, -0.1) is 0 Å². The monoisotopic (exact) mass is 365 g/mol. The highest BCUT2D eigenvalue weighted by Crippen LogP contribution is 2.21. The third kappa shape index (κ3) is 4.73. The minimum Gasteiger partial charge on any atom is -0.480 e. The highest BCUT2D eigenvalue weighted by molar-refractivity contribution is 5.81. The maximum absolute atomic E-state index is 12.5.